The molecule has 0 aliphatic carbocycles. The van der Waals surface area contributed by atoms with E-state index < -0.39 is 38.1 Å². The lowest BCUT2D eigenvalue weighted by molar-refractivity contribution is -0.120. The van der Waals surface area contributed by atoms with Crippen LogP contribution >= 0.6 is 12.4 Å². The largest absolute Gasteiger partial charge is 0.368 e. The number of nitrogens with two attached hydrogens (primary N) is 2. The van der Waals surface area contributed by atoms with E-state index >= 15 is 0 Å². The summed E-state index contributed by atoms with van der Waals surface area (Å²) >= 11 is 0. The van der Waals surface area contributed by atoms with Crippen molar-refractivity contribution in [2.24, 2.45) is 11.5 Å². The zero-order valence-corrected chi connectivity index (χ0v) is 17.2. The lowest BCUT2D eigenvalue weighted by Gasteiger charge is -2.27. The Morgan fingerprint density at radius 2 is 1.69 bits per heavy atom. The van der Waals surface area contributed by atoms with E-state index in [0.29, 0.717) is 25.7 Å². The number of halogens is 1. The zero-order valence-electron chi connectivity index (χ0n) is 15.5. The van der Waals surface area contributed by atoms with Crippen LogP contribution in [0.1, 0.15) is 55.5 Å². The molecular formula is C18H29ClN2O4S. The molecule has 0 bridgehead atoms. The predicted molar refractivity (Wildman–Crippen MR) is 106 cm³/mol. The standard InChI is InChI=1S/C18H28N2O4S.ClH/c1-4-7-15(8-5-2)25(23,24)12-18(20,17(19)22)16(21)14-10-6-9-13(3)11-14;/h6,9-11,15H,4-5,7-8,12,20H2,1-3H3,(H2,19,22);1H. The molecule has 0 aliphatic heterocycles. The molecule has 1 amide bonds. The summed E-state index contributed by atoms with van der Waals surface area (Å²) in [6.07, 6.45) is 2.29. The summed E-state index contributed by atoms with van der Waals surface area (Å²) in [6.45, 7) is 5.56. The van der Waals surface area contributed by atoms with Gasteiger partial charge in [0, 0.05) is 5.56 Å². The molecule has 1 rings (SSSR count). The Labute approximate surface area is 162 Å². The Balaban J connectivity index is 0.00000625. The molecule has 0 spiro atoms. The SMILES string of the molecule is CCCC(CCC)S(=O)(=O)CC(N)(C(N)=O)C(=O)c1cccc(C)c1.Cl. The van der Waals surface area contributed by atoms with Crippen molar-refractivity contribution in [1.29, 1.82) is 0 Å². The Morgan fingerprint density at radius 1 is 1.15 bits per heavy atom. The van der Waals surface area contributed by atoms with E-state index in [-0.39, 0.29) is 18.0 Å². The van der Waals surface area contributed by atoms with Crippen molar-refractivity contribution in [3.8, 4) is 0 Å². The van der Waals surface area contributed by atoms with Gasteiger partial charge >= 0.3 is 0 Å². The van der Waals surface area contributed by atoms with Gasteiger partial charge < -0.3 is 11.5 Å². The second kappa shape index (κ2) is 10.0. The summed E-state index contributed by atoms with van der Waals surface area (Å²) in [7, 11) is -3.76. The molecule has 6 nitrogen and oxygen atoms in total. The zero-order chi connectivity index (χ0) is 19.3. The summed E-state index contributed by atoms with van der Waals surface area (Å²) in [6, 6.07) is 6.50. The highest BCUT2D eigenvalue weighted by Gasteiger charge is 2.46. The maximum atomic E-state index is 12.8. The van der Waals surface area contributed by atoms with Gasteiger partial charge in [0.15, 0.2) is 21.2 Å². The smallest absolute Gasteiger partial charge is 0.246 e. The predicted octanol–water partition coefficient (Wildman–Crippen LogP) is 2.17. The van der Waals surface area contributed by atoms with Crippen LogP contribution in [0.15, 0.2) is 24.3 Å². The normalized spacial score (nSPS) is 13.7. The highest BCUT2D eigenvalue weighted by Crippen LogP contribution is 2.22. The molecule has 0 fully saturated rings. The van der Waals surface area contributed by atoms with E-state index in [0.717, 1.165) is 5.56 Å². The van der Waals surface area contributed by atoms with Crippen LogP contribution in [-0.2, 0) is 14.6 Å². The first-order valence-corrected chi connectivity index (χ1v) is 10.2. The summed E-state index contributed by atoms with van der Waals surface area (Å²) in [5, 5.41) is -0.630. The third kappa shape index (κ3) is 5.79. The number of hydrogen-bond acceptors (Lipinski definition) is 5. The fourth-order valence-corrected chi connectivity index (χ4v) is 5.21. The van der Waals surface area contributed by atoms with Crippen molar-refractivity contribution in [2.75, 3.05) is 5.75 Å². The number of Topliss-reactive ketones (excluding diaryl/α,β-unsaturated/α-hetero) is 1. The topological polar surface area (TPSA) is 120 Å². The highest BCUT2D eigenvalue weighted by molar-refractivity contribution is 7.92. The fourth-order valence-electron chi connectivity index (χ4n) is 2.88. The van der Waals surface area contributed by atoms with Crippen LogP contribution in [0.2, 0.25) is 0 Å². The Hall–Kier alpha value is -1.44. The minimum Gasteiger partial charge on any atom is -0.368 e. The van der Waals surface area contributed by atoms with Crippen molar-refractivity contribution in [1.82, 2.24) is 0 Å². The van der Waals surface area contributed by atoms with Gasteiger partial charge in [-0.15, -0.1) is 12.4 Å². The molecule has 1 aromatic carbocycles. The van der Waals surface area contributed by atoms with Crippen molar-refractivity contribution in [3.63, 3.8) is 0 Å². The van der Waals surface area contributed by atoms with Crippen molar-refractivity contribution in [2.45, 2.75) is 57.2 Å². The summed E-state index contributed by atoms with van der Waals surface area (Å²) in [5.74, 6) is -2.67. The molecule has 1 atom stereocenters. The Bertz CT molecular complexity index is 730. The average molecular weight is 405 g/mol. The molecule has 0 saturated carbocycles. The lowest BCUT2D eigenvalue weighted by atomic mass is 9.91. The molecule has 4 N–H and O–H groups in total. The first-order chi connectivity index (χ1) is 11.6. The van der Waals surface area contributed by atoms with Gasteiger partial charge in [-0.1, -0.05) is 50.5 Å². The van der Waals surface area contributed by atoms with E-state index in [9.17, 15) is 18.0 Å². The average Bonchev–Trinajstić information content (AvgIpc) is 2.53. The Kier molecular flexibility index (Phi) is 9.48. The van der Waals surface area contributed by atoms with E-state index in [4.69, 9.17) is 11.5 Å². The highest BCUT2D eigenvalue weighted by atomic mass is 35.5. The van der Waals surface area contributed by atoms with Crippen LogP contribution in [0.25, 0.3) is 0 Å². The number of primary amides is 1. The van der Waals surface area contributed by atoms with Gasteiger partial charge in [0.25, 0.3) is 0 Å². The molecule has 0 aliphatic rings. The quantitative estimate of drug-likeness (QED) is 0.457. The molecule has 1 unspecified atom stereocenters. The van der Waals surface area contributed by atoms with Crippen LogP contribution in [-0.4, -0.2) is 36.6 Å². The molecule has 1 aromatic rings. The maximum absolute atomic E-state index is 12.8. The summed E-state index contributed by atoms with van der Waals surface area (Å²) in [5.41, 5.74) is 10.0. The van der Waals surface area contributed by atoms with Gasteiger partial charge in [0.05, 0.1) is 11.0 Å². The van der Waals surface area contributed by atoms with Crippen molar-refractivity contribution >= 4 is 33.9 Å². The van der Waals surface area contributed by atoms with Crippen LogP contribution in [0.3, 0.4) is 0 Å². The number of sulfone groups is 1. The summed E-state index contributed by atoms with van der Waals surface area (Å²) < 4.78 is 25.6. The molecule has 8 heteroatoms. The second-order valence-corrected chi connectivity index (χ2v) is 8.82. The van der Waals surface area contributed by atoms with Gasteiger partial charge in [-0.2, -0.15) is 0 Å². The maximum Gasteiger partial charge on any atom is 0.246 e. The number of aryl methyl sites for hydroxylation is 1. The number of benzene rings is 1. The van der Waals surface area contributed by atoms with Gasteiger partial charge in [-0.3, -0.25) is 9.59 Å². The van der Waals surface area contributed by atoms with Crippen molar-refractivity contribution in [3.05, 3.63) is 35.4 Å². The first-order valence-electron chi connectivity index (χ1n) is 8.50. The fraction of sp³-hybridized carbons (Fsp3) is 0.556. The third-order valence-corrected chi connectivity index (χ3v) is 6.63. The lowest BCUT2D eigenvalue weighted by Crippen LogP contribution is -2.63. The van der Waals surface area contributed by atoms with Crippen molar-refractivity contribution < 1.29 is 18.0 Å². The van der Waals surface area contributed by atoms with Gasteiger partial charge in [0.2, 0.25) is 5.91 Å². The minimum absolute atomic E-state index is 0. The molecule has 0 heterocycles. The van der Waals surface area contributed by atoms with E-state index in [1.54, 1.807) is 25.1 Å². The molecule has 0 aromatic heterocycles. The monoisotopic (exact) mass is 404 g/mol. The number of amides is 1. The third-order valence-electron chi connectivity index (χ3n) is 4.28. The molecule has 0 saturated heterocycles. The molecular weight excluding hydrogens is 376 g/mol. The van der Waals surface area contributed by atoms with Gasteiger partial charge in [-0.05, 0) is 25.8 Å². The number of carbonyl (C=O) groups is 2. The van der Waals surface area contributed by atoms with Gasteiger partial charge in [0.1, 0.15) is 0 Å². The van der Waals surface area contributed by atoms with Crippen LogP contribution in [0.4, 0.5) is 0 Å². The number of rotatable bonds is 10. The number of ketones is 1. The first kappa shape index (κ1) is 24.6. The minimum atomic E-state index is -3.76. The number of carbonyl (C=O) groups excluding carboxylic acids is 2. The van der Waals surface area contributed by atoms with Crippen LogP contribution in [0, 0.1) is 6.92 Å². The number of hydrogen-bond donors (Lipinski definition) is 2. The van der Waals surface area contributed by atoms with Gasteiger partial charge in [-0.25, -0.2) is 8.42 Å². The summed E-state index contributed by atoms with van der Waals surface area (Å²) in [4.78, 5) is 24.7. The molecule has 148 valence electrons. The molecule has 0 radical (unpaired) electrons. The van der Waals surface area contributed by atoms with Crippen LogP contribution < -0.4 is 11.5 Å². The second-order valence-electron chi connectivity index (χ2n) is 6.54. The molecule has 26 heavy (non-hydrogen) atoms. The van der Waals surface area contributed by atoms with Crippen LogP contribution in [0.5, 0.6) is 0 Å². The van der Waals surface area contributed by atoms with E-state index in [2.05, 4.69) is 0 Å². The Morgan fingerprint density at radius 3 is 2.12 bits per heavy atom. The van der Waals surface area contributed by atoms with E-state index in [1.165, 1.54) is 6.07 Å². The van der Waals surface area contributed by atoms with E-state index in [1.807, 2.05) is 13.8 Å².